The van der Waals surface area contributed by atoms with Crippen LogP contribution >= 0.6 is 34.8 Å². The topological polar surface area (TPSA) is 86.8 Å². The molecule has 0 aliphatic carbocycles. The van der Waals surface area contributed by atoms with Crippen LogP contribution in [-0.2, 0) is 32.6 Å². The van der Waals surface area contributed by atoms with Crippen LogP contribution in [0.2, 0.25) is 15.1 Å². The number of hydrogen-bond donors (Lipinski definition) is 1. The van der Waals surface area contributed by atoms with Crippen molar-refractivity contribution in [2.75, 3.05) is 17.1 Å². The Morgan fingerprint density at radius 1 is 0.925 bits per heavy atom. The molecular weight excluding hydrogens is 593 g/mol. The molecule has 3 aromatic carbocycles. The van der Waals surface area contributed by atoms with E-state index in [1.807, 2.05) is 44.2 Å². The number of halogens is 3. The van der Waals surface area contributed by atoms with Crippen LogP contribution in [0.4, 0.5) is 5.69 Å². The van der Waals surface area contributed by atoms with E-state index in [1.54, 1.807) is 24.3 Å². The van der Waals surface area contributed by atoms with Crippen LogP contribution in [-0.4, -0.2) is 50.0 Å². The second-order valence-electron chi connectivity index (χ2n) is 9.50. The molecule has 3 aromatic rings. The van der Waals surface area contributed by atoms with Crippen LogP contribution in [0.3, 0.4) is 0 Å². The summed E-state index contributed by atoms with van der Waals surface area (Å²) in [5, 5.41) is 3.76. The maximum absolute atomic E-state index is 14.1. The molecule has 0 unspecified atom stereocenters. The summed E-state index contributed by atoms with van der Waals surface area (Å²) in [6.45, 7) is 3.20. The number of nitrogens with zero attached hydrogens (tertiary/aromatic N) is 2. The van der Waals surface area contributed by atoms with Crippen molar-refractivity contribution in [3.63, 3.8) is 0 Å². The third kappa shape index (κ3) is 8.61. The number of benzene rings is 3. The van der Waals surface area contributed by atoms with Crippen molar-refractivity contribution in [1.82, 2.24) is 10.2 Å². The van der Waals surface area contributed by atoms with E-state index in [1.165, 1.54) is 23.1 Å². The maximum Gasteiger partial charge on any atom is 0.244 e. The van der Waals surface area contributed by atoms with Gasteiger partial charge in [-0.15, -0.1) is 0 Å². The summed E-state index contributed by atoms with van der Waals surface area (Å²) in [5.41, 5.74) is 1.51. The van der Waals surface area contributed by atoms with E-state index in [2.05, 4.69) is 5.32 Å². The molecule has 0 heterocycles. The zero-order chi connectivity index (χ0) is 29.4. The molecule has 0 aliphatic rings. The summed E-state index contributed by atoms with van der Waals surface area (Å²) in [4.78, 5) is 29.2. The average Bonchev–Trinajstić information content (AvgIpc) is 2.91. The van der Waals surface area contributed by atoms with E-state index in [0.29, 0.717) is 17.0 Å². The molecular formula is C29H32Cl3N3O4S. The lowest BCUT2D eigenvalue weighted by Crippen LogP contribution is -2.54. The third-order valence-corrected chi connectivity index (χ3v) is 8.48. The number of sulfonamides is 1. The van der Waals surface area contributed by atoms with Crippen LogP contribution in [0.5, 0.6) is 0 Å². The Morgan fingerprint density at radius 2 is 1.57 bits per heavy atom. The molecule has 0 aromatic heterocycles. The summed E-state index contributed by atoms with van der Waals surface area (Å²) in [5.74, 6) is -0.966. The second-order valence-corrected chi connectivity index (χ2v) is 12.7. The normalized spacial score (nSPS) is 12.8. The summed E-state index contributed by atoms with van der Waals surface area (Å²) in [6, 6.07) is 19.6. The van der Waals surface area contributed by atoms with Crippen molar-refractivity contribution in [3.8, 4) is 0 Å². The van der Waals surface area contributed by atoms with Crippen molar-refractivity contribution in [1.29, 1.82) is 0 Å². The minimum absolute atomic E-state index is 0.0230. The third-order valence-electron chi connectivity index (χ3n) is 6.43. The Balaban J connectivity index is 2.10. The highest BCUT2D eigenvalue weighted by atomic mass is 35.5. The standard InChI is InChI=1S/C29H32Cl3N3O4S/c1-4-20(2)33-29(37)27(16-21-10-6-5-7-11-21)34(18-22-12-8-9-13-24(22)31)28(36)19-35(40(3,38)39)26-17-23(30)14-15-25(26)32/h5-15,17,20,27H,4,16,18-19H2,1-3H3,(H,33,37)/t20-,27-/m0/s1. The summed E-state index contributed by atoms with van der Waals surface area (Å²) in [7, 11) is -3.98. The van der Waals surface area contributed by atoms with Crippen LogP contribution in [0, 0.1) is 0 Å². The Morgan fingerprint density at radius 3 is 2.20 bits per heavy atom. The Kier molecular flexibility index (Phi) is 11.3. The molecule has 0 bridgehead atoms. The molecule has 1 N–H and O–H groups in total. The average molecular weight is 625 g/mol. The molecule has 214 valence electrons. The van der Waals surface area contributed by atoms with Gasteiger partial charge in [0, 0.05) is 29.1 Å². The molecule has 2 atom stereocenters. The van der Waals surface area contributed by atoms with Crippen LogP contribution in [0.1, 0.15) is 31.4 Å². The minimum atomic E-state index is -3.98. The highest BCUT2D eigenvalue weighted by molar-refractivity contribution is 7.92. The molecule has 0 fully saturated rings. The molecule has 0 radical (unpaired) electrons. The summed E-state index contributed by atoms with van der Waals surface area (Å²) >= 11 is 18.9. The van der Waals surface area contributed by atoms with E-state index >= 15 is 0 Å². The maximum atomic E-state index is 14.1. The van der Waals surface area contributed by atoms with Crippen molar-refractivity contribution >= 4 is 62.3 Å². The second kappa shape index (κ2) is 14.2. The highest BCUT2D eigenvalue weighted by Crippen LogP contribution is 2.31. The molecule has 11 heteroatoms. The molecule has 0 spiro atoms. The number of amides is 2. The first kappa shape index (κ1) is 31.7. The van der Waals surface area contributed by atoms with Gasteiger partial charge >= 0.3 is 0 Å². The van der Waals surface area contributed by atoms with E-state index < -0.39 is 28.5 Å². The van der Waals surface area contributed by atoms with Crippen LogP contribution in [0.15, 0.2) is 72.8 Å². The smallest absolute Gasteiger partial charge is 0.244 e. The van der Waals surface area contributed by atoms with Gasteiger partial charge in [0.25, 0.3) is 0 Å². The molecule has 0 aliphatic heterocycles. The number of hydrogen-bond acceptors (Lipinski definition) is 4. The fraction of sp³-hybridized carbons (Fsp3) is 0.310. The molecule has 7 nitrogen and oxygen atoms in total. The Hall–Kier alpha value is -2.78. The summed E-state index contributed by atoms with van der Waals surface area (Å²) in [6.07, 6.45) is 1.88. The van der Waals surface area contributed by atoms with Crippen LogP contribution in [0.25, 0.3) is 0 Å². The lowest BCUT2D eigenvalue weighted by Gasteiger charge is -2.34. The van der Waals surface area contributed by atoms with Gasteiger partial charge in [0.1, 0.15) is 12.6 Å². The summed E-state index contributed by atoms with van der Waals surface area (Å²) < 4.78 is 26.7. The van der Waals surface area contributed by atoms with Gasteiger partial charge in [0.15, 0.2) is 0 Å². The first-order valence-electron chi connectivity index (χ1n) is 12.7. The number of rotatable bonds is 12. The molecule has 0 saturated heterocycles. The van der Waals surface area contributed by atoms with Gasteiger partial charge in [0.2, 0.25) is 21.8 Å². The van der Waals surface area contributed by atoms with Gasteiger partial charge in [-0.1, -0.05) is 90.3 Å². The Labute approximate surface area is 251 Å². The quantitative estimate of drug-likeness (QED) is 0.269. The van der Waals surface area contributed by atoms with Gasteiger partial charge in [-0.2, -0.15) is 0 Å². The van der Waals surface area contributed by atoms with E-state index in [0.717, 1.165) is 16.1 Å². The Bertz CT molecular complexity index is 1440. The van der Waals surface area contributed by atoms with Crippen LogP contribution < -0.4 is 9.62 Å². The SMILES string of the molecule is CC[C@H](C)NC(=O)[C@H](Cc1ccccc1)N(Cc1ccccc1Cl)C(=O)CN(c1cc(Cl)ccc1Cl)S(C)(=O)=O. The molecule has 3 rings (SSSR count). The number of carbonyl (C=O) groups is 2. The van der Waals surface area contributed by atoms with Gasteiger partial charge in [-0.3, -0.25) is 13.9 Å². The van der Waals surface area contributed by atoms with Gasteiger partial charge in [-0.05, 0) is 48.7 Å². The van der Waals surface area contributed by atoms with Gasteiger partial charge in [0.05, 0.1) is 17.0 Å². The fourth-order valence-electron chi connectivity index (χ4n) is 4.08. The monoisotopic (exact) mass is 623 g/mol. The predicted octanol–water partition coefficient (Wildman–Crippen LogP) is 5.97. The van der Waals surface area contributed by atoms with E-state index in [4.69, 9.17) is 34.8 Å². The molecule has 40 heavy (non-hydrogen) atoms. The molecule has 2 amide bonds. The zero-order valence-electron chi connectivity index (χ0n) is 22.5. The lowest BCUT2D eigenvalue weighted by molar-refractivity contribution is -0.140. The first-order valence-corrected chi connectivity index (χ1v) is 15.7. The van der Waals surface area contributed by atoms with Crippen molar-refractivity contribution in [2.24, 2.45) is 0 Å². The predicted molar refractivity (Wildman–Crippen MR) is 162 cm³/mol. The van der Waals surface area contributed by atoms with Crippen molar-refractivity contribution in [3.05, 3.63) is 99.0 Å². The number of nitrogens with one attached hydrogen (secondary N) is 1. The minimum Gasteiger partial charge on any atom is -0.352 e. The van der Waals surface area contributed by atoms with E-state index in [9.17, 15) is 18.0 Å². The van der Waals surface area contributed by atoms with Crippen molar-refractivity contribution in [2.45, 2.75) is 45.3 Å². The lowest BCUT2D eigenvalue weighted by atomic mass is 10.0. The number of anilines is 1. The molecule has 0 saturated carbocycles. The fourth-order valence-corrected chi connectivity index (χ4v) is 5.56. The first-order chi connectivity index (χ1) is 18.9. The van der Waals surface area contributed by atoms with Crippen molar-refractivity contribution < 1.29 is 18.0 Å². The largest absolute Gasteiger partial charge is 0.352 e. The van der Waals surface area contributed by atoms with E-state index in [-0.39, 0.29) is 40.6 Å². The van der Waals surface area contributed by atoms with Gasteiger partial charge in [-0.25, -0.2) is 8.42 Å². The number of carbonyl (C=O) groups excluding carboxylic acids is 2. The van der Waals surface area contributed by atoms with Gasteiger partial charge < -0.3 is 10.2 Å². The highest BCUT2D eigenvalue weighted by Gasteiger charge is 2.34. The zero-order valence-corrected chi connectivity index (χ0v) is 25.6.